The van der Waals surface area contributed by atoms with E-state index in [2.05, 4.69) is 26.6 Å². The maximum atomic E-state index is 11.9. The molecule has 0 saturated heterocycles. The molecule has 0 bridgehead atoms. The molecule has 1 amide bonds. The fourth-order valence-electron chi connectivity index (χ4n) is 1.67. The van der Waals surface area contributed by atoms with Crippen LogP contribution in [-0.4, -0.2) is 25.1 Å². The summed E-state index contributed by atoms with van der Waals surface area (Å²) in [4.78, 5) is 11.9. The second kappa shape index (κ2) is 7.09. The van der Waals surface area contributed by atoms with Crippen molar-refractivity contribution in [3.63, 3.8) is 0 Å². The van der Waals surface area contributed by atoms with E-state index in [-0.39, 0.29) is 17.5 Å². The van der Waals surface area contributed by atoms with Gasteiger partial charge in [-0.25, -0.2) is 0 Å². The first-order valence-electron chi connectivity index (χ1n) is 6.61. The minimum atomic E-state index is -0.0658. The molecule has 0 aliphatic carbocycles. The Morgan fingerprint density at radius 2 is 2.05 bits per heavy atom. The van der Waals surface area contributed by atoms with Crippen LogP contribution in [0.5, 0.6) is 5.75 Å². The van der Waals surface area contributed by atoms with Crippen LogP contribution in [0.3, 0.4) is 0 Å². The number of hydrogen-bond donors (Lipinski definition) is 2. The predicted octanol–water partition coefficient (Wildman–Crippen LogP) is 3.02. The molecule has 0 heterocycles. The summed E-state index contributed by atoms with van der Waals surface area (Å²) in [5.41, 5.74) is 0.964. The Bertz CT molecular complexity index is 469. The molecule has 20 heavy (non-hydrogen) atoms. The van der Waals surface area contributed by atoms with Gasteiger partial charge in [-0.05, 0) is 61.3 Å². The van der Waals surface area contributed by atoms with Crippen LogP contribution in [0.4, 0.5) is 0 Å². The number of ether oxygens (including phenoxy) is 1. The summed E-state index contributed by atoms with van der Waals surface area (Å²) in [5.74, 6) is 0.765. The molecule has 5 heteroatoms. The Kier molecular flexibility index (Phi) is 6.02. The Labute approximate surface area is 129 Å². The van der Waals surface area contributed by atoms with Crippen molar-refractivity contribution in [3.05, 3.63) is 28.2 Å². The third kappa shape index (κ3) is 5.51. The van der Waals surface area contributed by atoms with Crippen molar-refractivity contribution in [1.82, 2.24) is 10.6 Å². The molecule has 2 N–H and O–H groups in total. The molecule has 0 aliphatic heterocycles. The highest BCUT2D eigenvalue weighted by Crippen LogP contribution is 2.27. The second-order valence-electron chi connectivity index (χ2n) is 5.79. The van der Waals surface area contributed by atoms with Crippen molar-refractivity contribution >= 4 is 21.8 Å². The first kappa shape index (κ1) is 17.0. The first-order valence-corrected chi connectivity index (χ1v) is 7.40. The molecule has 0 saturated carbocycles. The van der Waals surface area contributed by atoms with E-state index in [0.29, 0.717) is 6.54 Å². The summed E-state index contributed by atoms with van der Waals surface area (Å²) in [5, 5.41) is 6.14. The summed E-state index contributed by atoms with van der Waals surface area (Å²) in [6, 6.07) is 5.74. The van der Waals surface area contributed by atoms with Gasteiger partial charge in [0.05, 0.1) is 24.2 Å². The summed E-state index contributed by atoms with van der Waals surface area (Å²) in [7, 11) is 1.63. The van der Waals surface area contributed by atoms with E-state index in [4.69, 9.17) is 4.74 Å². The van der Waals surface area contributed by atoms with Crippen LogP contribution in [0.15, 0.2) is 22.7 Å². The number of rotatable bonds is 5. The zero-order valence-electron chi connectivity index (χ0n) is 12.7. The highest BCUT2D eigenvalue weighted by atomic mass is 79.9. The van der Waals surface area contributed by atoms with Crippen LogP contribution < -0.4 is 15.4 Å². The van der Waals surface area contributed by atoms with Gasteiger partial charge in [0.15, 0.2) is 0 Å². The van der Waals surface area contributed by atoms with Crippen LogP contribution in [0.1, 0.15) is 39.3 Å². The molecular formula is C15H23BrN2O2. The summed E-state index contributed by atoms with van der Waals surface area (Å²) in [6.07, 6.45) is 0. The summed E-state index contributed by atoms with van der Waals surface area (Å²) >= 11 is 3.45. The standard InChI is InChI=1S/C15H23BrN2O2/c1-10(18-14(19)9-17-15(2,3)4)11-6-7-13(20-5)12(16)8-11/h6-8,10,17H,9H2,1-5H3,(H,18,19). The van der Waals surface area contributed by atoms with Crippen LogP contribution >= 0.6 is 15.9 Å². The topological polar surface area (TPSA) is 50.4 Å². The Morgan fingerprint density at radius 3 is 2.55 bits per heavy atom. The molecule has 0 fully saturated rings. The lowest BCUT2D eigenvalue weighted by molar-refractivity contribution is -0.121. The second-order valence-corrected chi connectivity index (χ2v) is 6.64. The van der Waals surface area contributed by atoms with E-state index < -0.39 is 0 Å². The van der Waals surface area contributed by atoms with Gasteiger partial charge in [0.25, 0.3) is 0 Å². The minimum absolute atomic E-state index is 0.0145. The van der Waals surface area contributed by atoms with Crippen LogP contribution in [0, 0.1) is 0 Å². The summed E-state index contributed by atoms with van der Waals surface area (Å²) in [6.45, 7) is 8.37. The van der Waals surface area contributed by atoms with Gasteiger partial charge >= 0.3 is 0 Å². The Balaban J connectivity index is 2.60. The quantitative estimate of drug-likeness (QED) is 0.864. The number of carbonyl (C=O) groups excluding carboxylic acids is 1. The first-order chi connectivity index (χ1) is 9.23. The molecule has 1 rings (SSSR count). The van der Waals surface area contributed by atoms with E-state index in [1.807, 2.05) is 45.9 Å². The van der Waals surface area contributed by atoms with Gasteiger partial charge in [-0.2, -0.15) is 0 Å². The van der Waals surface area contributed by atoms with Crippen molar-refractivity contribution in [3.8, 4) is 5.75 Å². The fourth-order valence-corrected chi connectivity index (χ4v) is 2.23. The highest BCUT2D eigenvalue weighted by Gasteiger charge is 2.14. The van der Waals surface area contributed by atoms with Crippen molar-refractivity contribution in [2.45, 2.75) is 39.3 Å². The zero-order valence-corrected chi connectivity index (χ0v) is 14.3. The Morgan fingerprint density at radius 1 is 1.40 bits per heavy atom. The van der Waals surface area contributed by atoms with Crippen LogP contribution in [0.2, 0.25) is 0 Å². The van der Waals surface area contributed by atoms with Gasteiger partial charge in [0, 0.05) is 5.54 Å². The molecule has 0 aromatic heterocycles. The van der Waals surface area contributed by atoms with E-state index in [1.54, 1.807) is 7.11 Å². The van der Waals surface area contributed by atoms with E-state index in [0.717, 1.165) is 15.8 Å². The molecule has 112 valence electrons. The molecule has 1 atom stereocenters. The highest BCUT2D eigenvalue weighted by molar-refractivity contribution is 9.10. The maximum Gasteiger partial charge on any atom is 0.234 e. The van der Waals surface area contributed by atoms with Crippen LogP contribution in [0.25, 0.3) is 0 Å². The van der Waals surface area contributed by atoms with E-state index >= 15 is 0 Å². The van der Waals surface area contributed by atoms with Gasteiger partial charge in [0.2, 0.25) is 5.91 Å². The number of benzene rings is 1. The maximum absolute atomic E-state index is 11.9. The van der Waals surface area contributed by atoms with Crippen molar-refractivity contribution in [1.29, 1.82) is 0 Å². The number of methoxy groups -OCH3 is 1. The Hall–Kier alpha value is -1.07. The molecule has 1 aromatic carbocycles. The van der Waals surface area contributed by atoms with Gasteiger partial charge in [0.1, 0.15) is 5.75 Å². The van der Waals surface area contributed by atoms with Crippen molar-refractivity contribution < 1.29 is 9.53 Å². The van der Waals surface area contributed by atoms with Gasteiger partial charge in [-0.1, -0.05) is 6.07 Å². The lowest BCUT2D eigenvalue weighted by atomic mass is 10.1. The predicted molar refractivity (Wildman–Crippen MR) is 85.0 cm³/mol. The summed E-state index contributed by atoms with van der Waals surface area (Å²) < 4.78 is 6.07. The number of nitrogens with one attached hydrogen (secondary N) is 2. The van der Waals surface area contributed by atoms with Crippen molar-refractivity contribution in [2.24, 2.45) is 0 Å². The molecular weight excluding hydrogens is 320 g/mol. The van der Waals surface area contributed by atoms with Crippen molar-refractivity contribution in [2.75, 3.05) is 13.7 Å². The number of halogens is 1. The lowest BCUT2D eigenvalue weighted by Gasteiger charge is -2.21. The molecule has 0 spiro atoms. The smallest absolute Gasteiger partial charge is 0.234 e. The largest absolute Gasteiger partial charge is 0.496 e. The number of amides is 1. The number of hydrogen-bond acceptors (Lipinski definition) is 3. The van der Waals surface area contributed by atoms with Gasteiger partial charge < -0.3 is 15.4 Å². The molecule has 1 aromatic rings. The molecule has 4 nitrogen and oxygen atoms in total. The molecule has 0 radical (unpaired) electrons. The zero-order chi connectivity index (χ0) is 15.3. The normalized spacial score (nSPS) is 12.9. The van der Waals surface area contributed by atoms with E-state index in [9.17, 15) is 4.79 Å². The minimum Gasteiger partial charge on any atom is -0.496 e. The SMILES string of the molecule is COc1ccc(C(C)NC(=O)CNC(C)(C)C)cc1Br. The molecule has 1 unspecified atom stereocenters. The van der Waals surface area contributed by atoms with E-state index in [1.165, 1.54) is 0 Å². The molecule has 0 aliphatic rings. The average molecular weight is 343 g/mol. The lowest BCUT2D eigenvalue weighted by Crippen LogP contribution is -2.43. The third-order valence-corrected chi connectivity index (χ3v) is 3.45. The third-order valence-electron chi connectivity index (χ3n) is 2.83. The van der Waals surface area contributed by atoms with Gasteiger partial charge in [-0.15, -0.1) is 0 Å². The van der Waals surface area contributed by atoms with Gasteiger partial charge in [-0.3, -0.25) is 4.79 Å². The number of carbonyl (C=O) groups is 1. The average Bonchev–Trinajstić information content (AvgIpc) is 2.35. The van der Waals surface area contributed by atoms with Crippen LogP contribution in [-0.2, 0) is 4.79 Å². The fraction of sp³-hybridized carbons (Fsp3) is 0.533. The monoisotopic (exact) mass is 342 g/mol.